The highest BCUT2D eigenvalue weighted by molar-refractivity contribution is 5.79. The Labute approximate surface area is 47.3 Å². The summed E-state index contributed by atoms with van der Waals surface area (Å²) >= 11 is 0. The molecule has 1 amide bonds. The summed E-state index contributed by atoms with van der Waals surface area (Å²) in [6.07, 6.45) is 0. The third-order valence-electron chi connectivity index (χ3n) is 0.694. The first kappa shape index (κ1) is 7.39. The quantitative estimate of drug-likeness (QED) is 0.436. The Balaban J connectivity index is 3.52. The van der Waals surface area contributed by atoms with Crippen LogP contribution in [0.2, 0.25) is 0 Å². The van der Waals surface area contributed by atoms with E-state index in [0.29, 0.717) is 0 Å². The maximum Gasteiger partial charge on any atom is 0.226 e. The van der Waals surface area contributed by atoms with E-state index in [1.807, 2.05) is 0 Å². The molecule has 47 valence electrons. The van der Waals surface area contributed by atoms with E-state index >= 15 is 0 Å². The van der Waals surface area contributed by atoms with Gasteiger partial charge in [-0.15, -0.1) is 0 Å². The molecule has 0 heterocycles. The van der Waals surface area contributed by atoms with Gasteiger partial charge in [-0.1, -0.05) is 0 Å². The number of aliphatic hydroxyl groups excluding tert-OH is 2. The molecule has 0 aliphatic rings. The van der Waals surface area contributed by atoms with Gasteiger partial charge in [0.2, 0.25) is 5.91 Å². The minimum atomic E-state index is -0.588. The fraction of sp³-hybridized carbons (Fsp3) is 0.500. The third-order valence-corrected chi connectivity index (χ3v) is 0.694. The number of carbonyl (C=O) groups excluding carboxylic acids is 1. The van der Waals surface area contributed by atoms with Gasteiger partial charge in [0.25, 0.3) is 0 Å². The van der Waals surface area contributed by atoms with Crippen molar-refractivity contribution in [3.63, 3.8) is 0 Å². The number of rotatable bonds is 2. The van der Waals surface area contributed by atoms with Crippen LogP contribution in [0.5, 0.6) is 0 Å². The van der Waals surface area contributed by atoms with Crippen molar-refractivity contribution in [2.24, 2.45) is 0 Å². The van der Waals surface area contributed by atoms with Gasteiger partial charge in [-0.2, -0.15) is 0 Å². The number of amides is 1. The summed E-state index contributed by atoms with van der Waals surface area (Å²) in [5.74, 6) is -0.588. The van der Waals surface area contributed by atoms with Gasteiger partial charge in [-0.3, -0.25) is 9.69 Å². The standard InChI is InChI=1S/C4H8NO3/c1-4(8)5(2-6)3-7/h6-7H,1-3H2. The maximum atomic E-state index is 10.1. The van der Waals surface area contributed by atoms with Crippen molar-refractivity contribution in [2.45, 2.75) is 0 Å². The van der Waals surface area contributed by atoms with E-state index in [4.69, 9.17) is 10.2 Å². The van der Waals surface area contributed by atoms with E-state index in [1.165, 1.54) is 0 Å². The minimum Gasteiger partial charge on any atom is -0.376 e. The first-order valence-corrected chi connectivity index (χ1v) is 2.05. The molecule has 0 aromatic carbocycles. The molecule has 4 heteroatoms. The number of aliphatic hydroxyl groups is 2. The van der Waals surface area contributed by atoms with Crippen LogP contribution in [0, 0.1) is 6.92 Å². The summed E-state index contributed by atoms with van der Waals surface area (Å²) in [4.78, 5) is 10.9. The zero-order chi connectivity index (χ0) is 6.57. The molecule has 0 aliphatic heterocycles. The Hall–Kier alpha value is -0.610. The van der Waals surface area contributed by atoms with Crippen LogP contribution in [0.3, 0.4) is 0 Å². The van der Waals surface area contributed by atoms with E-state index in [-0.39, 0.29) is 0 Å². The number of carbonyl (C=O) groups is 1. The minimum absolute atomic E-state index is 0.487. The molecule has 0 bridgehead atoms. The molecular formula is C4H8NO3. The van der Waals surface area contributed by atoms with Crippen molar-refractivity contribution >= 4 is 5.91 Å². The van der Waals surface area contributed by atoms with Crippen LogP contribution in [0.15, 0.2) is 0 Å². The molecule has 0 rings (SSSR count). The predicted octanol–water partition coefficient (Wildman–Crippen LogP) is -1.45. The monoisotopic (exact) mass is 118 g/mol. The van der Waals surface area contributed by atoms with Crippen molar-refractivity contribution in [3.05, 3.63) is 6.92 Å². The molecule has 0 fully saturated rings. The van der Waals surface area contributed by atoms with Crippen LogP contribution in [0.1, 0.15) is 0 Å². The Morgan fingerprint density at radius 2 is 1.88 bits per heavy atom. The fourth-order valence-corrected chi connectivity index (χ4v) is 0.202. The van der Waals surface area contributed by atoms with Crippen molar-refractivity contribution in [1.29, 1.82) is 0 Å². The van der Waals surface area contributed by atoms with Gasteiger partial charge in [-0.25, -0.2) is 0 Å². The van der Waals surface area contributed by atoms with Gasteiger partial charge in [-0.05, 0) is 0 Å². The Morgan fingerprint density at radius 3 is 1.88 bits per heavy atom. The van der Waals surface area contributed by atoms with Crippen molar-refractivity contribution in [1.82, 2.24) is 4.90 Å². The number of hydrogen-bond acceptors (Lipinski definition) is 3. The topological polar surface area (TPSA) is 60.8 Å². The van der Waals surface area contributed by atoms with Crippen molar-refractivity contribution in [2.75, 3.05) is 13.5 Å². The van der Waals surface area contributed by atoms with Crippen LogP contribution < -0.4 is 0 Å². The second-order valence-corrected chi connectivity index (χ2v) is 1.22. The molecule has 0 unspecified atom stereocenters. The van der Waals surface area contributed by atoms with Gasteiger partial charge in [0.15, 0.2) is 0 Å². The zero-order valence-corrected chi connectivity index (χ0v) is 4.37. The molecule has 4 nitrogen and oxygen atoms in total. The smallest absolute Gasteiger partial charge is 0.226 e. The maximum absolute atomic E-state index is 10.1. The molecule has 2 N–H and O–H groups in total. The second-order valence-electron chi connectivity index (χ2n) is 1.22. The Kier molecular flexibility index (Phi) is 3.14. The zero-order valence-electron chi connectivity index (χ0n) is 4.37. The lowest BCUT2D eigenvalue weighted by atomic mass is 10.6. The highest BCUT2D eigenvalue weighted by Gasteiger charge is 2.01. The second kappa shape index (κ2) is 3.40. The van der Waals surface area contributed by atoms with Gasteiger partial charge in [0, 0.05) is 6.92 Å². The van der Waals surface area contributed by atoms with E-state index in [9.17, 15) is 4.79 Å². The molecule has 0 saturated heterocycles. The number of hydrogen-bond donors (Lipinski definition) is 2. The molecular weight excluding hydrogens is 110 g/mol. The van der Waals surface area contributed by atoms with E-state index in [0.717, 1.165) is 4.90 Å². The molecule has 0 spiro atoms. The van der Waals surface area contributed by atoms with Gasteiger partial charge >= 0.3 is 0 Å². The lowest BCUT2D eigenvalue weighted by Gasteiger charge is -2.12. The van der Waals surface area contributed by atoms with Crippen molar-refractivity contribution in [3.8, 4) is 0 Å². The normalized spacial score (nSPS) is 8.88. The summed E-state index contributed by atoms with van der Waals surface area (Å²) in [6, 6.07) is 0. The summed E-state index contributed by atoms with van der Waals surface area (Å²) < 4.78 is 0. The van der Waals surface area contributed by atoms with Gasteiger partial charge in [0.1, 0.15) is 13.5 Å². The Morgan fingerprint density at radius 1 is 1.50 bits per heavy atom. The summed E-state index contributed by atoms with van der Waals surface area (Å²) in [5.41, 5.74) is 0. The van der Waals surface area contributed by atoms with E-state index in [1.54, 1.807) is 0 Å². The largest absolute Gasteiger partial charge is 0.376 e. The van der Waals surface area contributed by atoms with Crippen LogP contribution >= 0.6 is 0 Å². The lowest BCUT2D eigenvalue weighted by Crippen LogP contribution is -2.30. The van der Waals surface area contributed by atoms with Crippen molar-refractivity contribution < 1.29 is 15.0 Å². The average molecular weight is 118 g/mol. The summed E-state index contributed by atoms with van der Waals surface area (Å²) in [6.45, 7) is 1.97. The highest BCUT2D eigenvalue weighted by Crippen LogP contribution is 1.80. The molecule has 0 saturated carbocycles. The third kappa shape index (κ3) is 1.90. The SMILES string of the molecule is [CH2]C(=O)N(CO)CO. The van der Waals surface area contributed by atoms with Gasteiger partial charge in [0.05, 0.1) is 0 Å². The average Bonchev–Trinajstić information content (AvgIpc) is 1.69. The van der Waals surface area contributed by atoms with E-state index < -0.39 is 19.4 Å². The van der Waals surface area contributed by atoms with Crippen LogP contribution in [0.4, 0.5) is 0 Å². The first-order chi connectivity index (χ1) is 3.72. The Bertz CT molecular complexity index is 79.4. The van der Waals surface area contributed by atoms with Crippen LogP contribution in [-0.2, 0) is 4.79 Å². The molecule has 0 atom stereocenters. The first-order valence-electron chi connectivity index (χ1n) is 2.05. The molecule has 8 heavy (non-hydrogen) atoms. The van der Waals surface area contributed by atoms with Crippen LogP contribution in [0.25, 0.3) is 0 Å². The highest BCUT2D eigenvalue weighted by atomic mass is 16.3. The molecule has 1 radical (unpaired) electrons. The summed E-state index contributed by atoms with van der Waals surface area (Å²) in [7, 11) is 0. The molecule has 0 aliphatic carbocycles. The molecule has 0 aromatic rings. The fourth-order valence-electron chi connectivity index (χ4n) is 0.202. The summed E-state index contributed by atoms with van der Waals surface area (Å²) in [5, 5.41) is 16.4. The van der Waals surface area contributed by atoms with Crippen LogP contribution in [-0.4, -0.2) is 34.5 Å². The molecule has 0 aromatic heterocycles. The van der Waals surface area contributed by atoms with Gasteiger partial charge < -0.3 is 10.2 Å². The van der Waals surface area contributed by atoms with E-state index in [2.05, 4.69) is 6.92 Å². The number of nitrogens with zero attached hydrogens (tertiary/aromatic N) is 1. The predicted molar refractivity (Wildman–Crippen MR) is 26.4 cm³/mol. The lowest BCUT2D eigenvalue weighted by molar-refractivity contribution is -0.134.